The Morgan fingerprint density at radius 3 is 2.33 bits per heavy atom. The predicted molar refractivity (Wildman–Crippen MR) is 115 cm³/mol. The lowest BCUT2D eigenvalue weighted by molar-refractivity contribution is -0.133. The van der Waals surface area contributed by atoms with E-state index in [1.54, 1.807) is 0 Å². The van der Waals surface area contributed by atoms with Gasteiger partial charge >= 0.3 is 6.03 Å². The number of benzene rings is 1. The molecule has 0 aromatic heterocycles. The van der Waals surface area contributed by atoms with Gasteiger partial charge in [-0.15, -0.1) is 0 Å². The third-order valence-electron chi connectivity index (χ3n) is 6.40. The molecule has 1 atom stereocenters. The fraction of sp³-hybridized carbons (Fsp3) is 0.652. The zero-order valence-corrected chi connectivity index (χ0v) is 17.9. The normalized spacial score (nSPS) is 21.8. The number of ether oxygens (including phenoxy) is 1. The van der Waals surface area contributed by atoms with Crippen molar-refractivity contribution in [3.8, 4) is 0 Å². The predicted octanol–water partition coefficient (Wildman–Crippen LogP) is 2.07. The first-order chi connectivity index (χ1) is 14.6. The van der Waals surface area contributed by atoms with Crippen LogP contribution < -0.4 is 10.6 Å². The van der Waals surface area contributed by atoms with Gasteiger partial charge in [0.1, 0.15) is 0 Å². The molecule has 3 amide bonds. The van der Waals surface area contributed by atoms with Gasteiger partial charge in [0.25, 0.3) is 0 Å². The maximum Gasteiger partial charge on any atom is 0.315 e. The highest BCUT2D eigenvalue weighted by Gasteiger charge is 2.35. The molecule has 0 bridgehead atoms. The van der Waals surface area contributed by atoms with Crippen molar-refractivity contribution in [3.05, 3.63) is 35.4 Å². The molecule has 4 rings (SSSR count). The van der Waals surface area contributed by atoms with Crippen LogP contribution in [0.25, 0.3) is 0 Å². The molecule has 1 saturated carbocycles. The number of hydrogen-bond acceptors (Lipinski definition) is 4. The molecule has 3 aliphatic rings. The van der Waals surface area contributed by atoms with Crippen molar-refractivity contribution in [2.75, 3.05) is 45.9 Å². The summed E-state index contributed by atoms with van der Waals surface area (Å²) in [5, 5.41) is 6.34. The van der Waals surface area contributed by atoms with Gasteiger partial charge in [0.2, 0.25) is 5.91 Å². The van der Waals surface area contributed by atoms with Crippen molar-refractivity contribution in [2.45, 2.75) is 44.7 Å². The largest absolute Gasteiger partial charge is 0.379 e. The Morgan fingerprint density at radius 1 is 1.03 bits per heavy atom. The molecule has 2 N–H and O–H groups in total. The fourth-order valence-electron chi connectivity index (χ4n) is 4.29. The zero-order valence-electron chi connectivity index (χ0n) is 17.9. The van der Waals surface area contributed by atoms with Crippen LogP contribution >= 0.6 is 0 Å². The Labute approximate surface area is 179 Å². The molecule has 0 spiro atoms. The summed E-state index contributed by atoms with van der Waals surface area (Å²) in [7, 11) is 0. The number of carbonyl (C=O) groups excluding carboxylic acids is 2. The number of aryl methyl sites for hydroxylation is 1. The SMILES string of the molecule is Cc1ccc([C@@H](CN2CCOCC2)NC(=O)NC2CCN(C(=O)C3CC3)CC2)cc1. The molecular weight excluding hydrogens is 380 g/mol. The van der Waals surface area contributed by atoms with Crippen molar-refractivity contribution in [2.24, 2.45) is 5.92 Å². The number of amides is 3. The van der Waals surface area contributed by atoms with E-state index in [4.69, 9.17) is 4.74 Å². The highest BCUT2D eigenvalue weighted by molar-refractivity contribution is 5.81. The second-order valence-corrected chi connectivity index (χ2v) is 8.87. The molecular formula is C23H34N4O3. The molecule has 7 heteroatoms. The van der Waals surface area contributed by atoms with Gasteiger partial charge in [0.15, 0.2) is 0 Å². The van der Waals surface area contributed by atoms with Gasteiger partial charge in [-0.3, -0.25) is 9.69 Å². The maximum absolute atomic E-state index is 12.8. The van der Waals surface area contributed by atoms with E-state index >= 15 is 0 Å². The maximum atomic E-state index is 12.8. The second kappa shape index (κ2) is 9.79. The summed E-state index contributed by atoms with van der Waals surface area (Å²) in [4.78, 5) is 29.3. The molecule has 164 valence electrons. The van der Waals surface area contributed by atoms with E-state index in [0.717, 1.165) is 77.2 Å². The van der Waals surface area contributed by atoms with Crippen molar-refractivity contribution in [3.63, 3.8) is 0 Å². The van der Waals surface area contributed by atoms with Gasteiger partial charge in [0, 0.05) is 44.7 Å². The summed E-state index contributed by atoms with van der Waals surface area (Å²) in [6.07, 6.45) is 3.74. The Balaban J connectivity index is 1.30. The Hall–Kier alpha value is -2.12. The second-order valence-electron chi connectivity index (χ2n) is 8.87. The summed E-state index contributed by atoms with van der Waals surface area (Å²) >= 11 is 0. The standard InChI is InChI=1S/C23H34N4O3/c1-17-2-4-18(5-3-17)21(16-26-12-14-30-15-13-26)25-23(29)24-20-8-10-27(11-9-20)22(28)19-6-7-19/h2-5,19-21H,6-16H2,1H3,(H2,24,25,29)/t21-/m1/s1. The number of likely N-dealkylation sites (tertiary alicyclic amines) is 1. The van der Waals surface area contributed by atoms with Crippen LogP contribution in [-0.2, 0) is 9.53 Å². The minimum atomic E-state index is -0.124. The van der Waals surface area contributed by atoms with Crippen LogP contribution in [0.15, 0.2) is 24.3 Å². The summed E-state index contributed by atoms with van der Waals surface area (Å²) in [6, 6.07) is 8.31. The molecule has 1 aliphatic carbocycles. The number of carbonyl (C=O) groups is 2. The number of urea groups is 1. The zero-order chi connectivity index (χ0) is 20.9. The lowest BCUT2D eigenvalue weighted by Gasteiger charge is -2.34. The van der Waals surface area contributed by atoms with Gasteiger partial charge in [0.05, 0.1) is 19.3 Å². The van der Waals surface area contributed by atoms with Crippen LogP contribution in [-0.4, -0.2) is 73.7 Å². The van der Waals surface area contributed by atoms with Crippen molar-refractivity contribution in [1.29, 1.82) is 0 Å². The number of rotatable bonds is 6. The first-order valence-electron chi connectivity index (χ1n) is 11.3. The van der Waals surface area contributed by atoms with Crippen LogP contribution in [0, 0.1) is 12.8 Å². The monoisotopic (exact) mass is 414 g/mol. The van der Waals surface area contributed by atoms with Crippen molar-refractivity contribution >= 4 is 11.9 Å². The minimum absolute atomic E-state index is 0.0692. The van der Waals surface area contributed by atoms with E-state index in [2.05, 4.69) is 46.7 Å². The van der Waals surface area contributed by atoms with E-state index < -0.39 is 0 Å². The number of nitrogens with one attached hydrogen (secondary N) is 2. The molecule has 1 aromatic rings. The quantitative estimate of drug-likeness (QED) is 0.747. The number of morpholine rings is 1. The highest BCUT2D eigenvalue weighted by atomic mass is 16.5. The van der Waals surface area contributed by atoms with Gasteiger partial charge in [-0.1, -0.05) is 29.8 Å². The molecule has 2 saturated heterocycles. The first-order valence-corrected chi connectivity index (χ1v) is 11.3. The summed E-state index contributed by atoms with van der Waals surface area (Å²) in [5.41, 5.74) is 2.33. The highest BCUT2D eigenvalue weighted by Crippen LogP contribution is 2.31. The van der Waals surface area contributed by atoms with Crippen molar-refractivity contribution in [1.82, 2.24) is 20.4 Å². The van der Waals surface area contributed by atoms with Gasteiger partial charge in [-0.25, -0.2) is 4.79 Å². The average molecular weight is 415 g/mol. The smallest absolute Gasteiger partial charge is 0.315 e. The molecule has 30 heavy (non-hydrogen) atoms. The van der Waals surface area contributed by atoms with Crippen LogP contribution in [0.3, 0.4) is 0 Å². The molecule has 2 aliphatic heterocycles. The average Bonchev–Trinajstić information content (AvgIpc) is 3.60. The van der Waals surface area contributed by atoms with Gasteiger partial charge < -0.3 is 20.3 Å². The Bertz CT molecular complexity index is 720. The molecule has 7 nitrogen and oxygen atoms in total. The summed E-state index contributed by atoms with van der Waals surface area (Å²) in [5.74, 6) is 0.580. The molecule has 0 radical (unpaired) electrons. The number of hydrogen-bond donors (Lipinski definition) is 2. The lowest BCUT2D eigenvalue weighted by atomic mass is 10.0. The van der Waals surface area contributed by atoms with Crippen LogP contribution in [0.5, 0.6) is 0 Å². The van der Waals surface area contributed by atoms with Gasteiger partial charge in [-0.2, -0.15) is 0 Å². The van der Waals surface area contributed by atoms with Crippen LogP contribution in [0.1, 0.15) is 42.9 Å². The molecule has 1 aromatic carbocycles. The lowest BCUT2D eigenvalue weighted by Crippen LogP contribution is -2.51. The topological polar surface area (TPSA) is 73.9 Å². The van der Waals surface area contributed by atoms with E-state index in [9.17, 15) is 9.59 Å². The fourth-order valence-corrected chi connectivity index (χ4v) is 4.29. The first kappa shape index (κ1) is 21.1. The Morgan fingerprint density at radius 2 is 1.70 bits per heavy atom. The van der Waals surface area contributed by atoms with E-state index in [0.29, 0.717) is 5.91 Å². The summed E-state index contributed by atoms with van der Waals surface area (Å²) in [6.45, 7) is 7.59. The van der Waals surface area contributed by atoms with E-state index in [-0.39, 0.29) is 24.0 Å². The van der Waals surface area contributed by atoms with Crippen LogP contribution in [0.2, 0.25) is 0 Å². The van der Waals surface area contributed by atoms with E-state index in [1.165, 1.54) is 5.56 Å². The molecule has 0 unspecified atom stereocenters. The number of piperidine rings is 1. The molecule has 3 fully saturated rings. The van der Waals surface area contributed by atoms with Crippen LogP contribution in [0.4, 0.5) is 4.79 Å². The number of nitrogens with zero attached hydrogens (tertiary/aromatic N) is 2. The third-order valence-corrected chi connectivity index (χ3v) is 6.40. The minimum Gasteiger partial charge on any atom is -0.379 e. The van der Waals surface area contributed by atoms with E-state index in [1.807, 2.05) is 4.90 Å². The van der Waals surface area contributed by atoms with Gasteiger partial charge in [-0.05, 0) is 38.2 Å². The third kappa shape index (κ3) is 5.73. The van der Waals surface area contributed by atoms with Crippen molar-refractivity contribution < 1.29 is 14.3 Å². The Kier molecular flexibility index (Phi) is 6.89. The molecule has 2 heterocycles. The summed E-state index contributed by atoms with van der Waals surface area (Å²) < 4.78 is 5.46.